The number of aromatic nitrogens is 1. The Bertz CT molecular complexity index is 359. The van der Waals surface area contributed by atoms with Gasteiger partial charge in [-0.3, -0.25) is 0 Å². The molecule has 1 N–H and O–H groups in total. The summed E-state index contributed by atoms with van der Waals surface area (Å²) in [5.41, 5.74) is 1.15. The Labute approximate surface area is 95.6 Å². The molecule has 0 spiro atoms. The molecule has 0 amide bonds. The fraction of sp³-hybridized carbons (Fsp3) is 0.583. The van der Waals surface area contributed by atoms with E-state index in [2.05, 4.69) is 21.3 Å². The first-order valence-corrected chi connectivity index (χ1v) is 5.98. The molecular weight excluding hydrogens is 202 g/mol. The summed E-state index contributed by atoms with van der Waals surface area (Å²) in [4.78, 5) is 6.86. The molecule has 0 saturated carbocycles. The molecule has 2 saturated heterocycles. The Morgan fingerprint density at radius 3 is 2.81 bits per heavy atom. The van der Waals surface area contributed by atoms with Crippen LogP contribution in [0.3, 0.4) is 0 Å². The van der Waals surface area contributed by atoms with E-state index in [4.69, 9.17) is 4.74 Å². The van der Waals surface area contributed by atoms with Crippen LogP contribution < -0.4 is 10.2 Å². The number of anilines is 2. The first-order valence-electron chi connectivity index (χ1n) is 5.98. The summed E-state index contributed by atoms with van der Waals surface area (Å²) < 4.78 is 5.18. The van der Waals surface area contributed by atoms with E-state index in [-0.39, 0.29) is 0 Å². The second-order valence-corrected chi connectivity index (χ2v) is 4.45. The van der Waals surface area contributed by atoms with Crippen LogP contribution in [0.1, 0.15) is 12.8 Å². The molecular formula is C12H17N3O. The van der Waals surface area contributed by atoms with Crippen LogP contribution in [-0.2, 0) is 4.74 Å². The normalized spacial score (nSPS) is 20.9. The lowest BCUT2D eigenvalue weighted by atomic mass is 10.2. The SMILES string of the molecule is c1cnc(N2CCCC2)c(NC2COC2)c1. The molecule has 2 aliphatic rings. The lowest BCUT2D eigenvalue weighted by Crippen LogP contribution is -2.40. The first-order chi connectivity index (χ1) is 7.93. The summed E-state index contributed by atoms with van der Waals surface area (Å²) in [6.07, 6.45) is 4.43. The van der Waals surface area contributed by atoms with Gasteiger partial charge < -0.3 is 15.0 Å². The third-order valence-electron chi connectivity index (χ3n) is 3.19. The number of nitrogens with zero attached hydrogens (tertiary/aromatic N) is 2. The molecule has 16 heavy (non-hydrogen) atoms. The predicted molar refractivity (Wildman–Crippen MR) is 63.9 cm³/mol. The Morgan fingerprint density at radius 2 is 2.12 bits per heavy atom. The molecule has 0 aromatic carbocycles. The van der Waals surface area contributed by atoms with E-state index in [1.54, 1.807) is 0 Å². The zero-order chi connectivity index (χ0) is 10.8. The maximum atomic E-state index is 5.18. The average Bonchev–Trinajstić information content (AvgIpc) is 2.77. The van der Waals surface area contributed by atoms with Crippen LogP contribution in [0.25, 0.3) is 0 Å². The summed E-state index contributed by atoms with van der Waals surface area (Å²) in [5, 5.41) is 3.49. The van der Waals surface area contributed by atoms with E-state index in [1.165, 1.54) is 12.8 Å². The van der Waals surface area contributed by atoms with Crippen LogP contribution in [0.4, 0.5) is 11.5 Å². The standard InChI is InChI=1S/C12H17N3O/c1-2-7-15(6-1)12-11(4-3-5-13-12)14-10-8-16-9-10/h3-5,10,14H,1-2,6-9H2. The molecule has 0 aliphatic carbocycles. The van der Waals surface area contributed by atoms with E-state index in [9.17, 15) is 0 Å². The number of ether oxygens (including phenoxy) is 1. The van der Waals surface area contributed by atoms with Crippen LogP contribution in [0.2, 0.25) is 0 Å². The van der Waals surface area contributed by atoms with Crippen LogP contribution >= 0.6 is 0 Å². The maximum absolute atomic E-state index is 5.18. The molecule has 3 heterocycles. The molecule has 0 atom stereocenters. The highest BCUT2D eigenvalue weighted by Gasteiger charge is 2.22. The average molecular weight is 219 g/mol. The van der Waals surface area contributed by atoms with Gasteiger partial charge in [-0.15, -0.1) is 0 Å². The maximum Gasteiger partial charge on any atom is 0.151 e. The van der Waals surface area contributed by atoms with Gasteiger partial charge in [0.15, 0.2) is 5.82 Å². The highest BCUT2D eigenvalue weighted by Crippen LogP contribution is 2.27. The summed E-state index contributed by atoms with van der Waals surface area (Å²) in [6, 6.07) is 4.56. The van der Waals surface area contributed by atoms with Crippen LogP contribution in [0.5, 0.6) is 0 Å². The van der Waals surface area contributed by atoms with E-state index < -0.39 is 0 Å². The molecule has 2 aliphatic heterocycles. The number of hydrogen-bond donors (Lipinski definition) is 1. The number of pyridine rings is 1. The highest BCUT2D eigenvalue weighted by molar-refractivity contribution is 5.66. The molecule has 86 valence electrons. The third-order valence-corrected chi connectivity index (χ3v) is 3.19. The van der Waals surface area contributed by atoms with Gasteiger partial charge in [-0.05, 0) is 25.0 Å². The van der Waals surface area contributed by atoms with Crippen molar-refractivity contribution in [3.05, 3.63) is 18.3 Å². The zero-order valence-electron chi connectivity index (χ0n) is 9.35. The largest absolute Gasteiger partial charge is 0.377 e. The van der Waals surface area contributed by atoms with Crippen LogP contribution in [-0.4, -0.2) is 37.3 Å². The van der Waals surface area contributed by atoms with Gasteiger partial charge in [0.2, 0.25) is 0 Å². The quantitative estimate of drug-likeness (QED) is 0.836. The fourth-order valence-electron chi connectivity index (χ4n) is 2.23. The van der Waals surface area contributed by atoms with Crippen molar-refractivity contribution in [3.8, 4) is 0 Å². The monoisotopic (exact) mass is 219 g/mol. The topological polar surface area (TPSA) is 37.4 Å². The summed E-state index contributed by atoms with van der Waals surface area (Å²) in [5.74, 6) is 1.10. The Balaban J connectivity index is 1.78. The molecule has 4 nitrogen and oxygen atoms in total. The number of nitrogens with one attached hydrogen (secondary N) is 1. The smallest absolute Gasteiger partial charge is 0.151 e. The Hall–Kier alpha value is -1.29. The van der Waals surface area contributed by atoms with Gasteiger partial charge in [-0.1, -0.05) is 0 Å². The Kier molecular flexibility index (Phi) is 2.66. The van der Waals surface area contributed by atoms with E-state index in [0.717, 1.165) is 37.8 Å². The number of hydrogen-bond acceptors (Lipinski definition) is 4. The lowest BCUT2D eigenvalue weighted by molar-refractivity contribution is 0.0211. The minimum Gasteiger partial charge on any atom is -0.377 e. The van der Waals surface area contributed by atoms with Crippen molar-refractivity contribution in [3.63, 3.8) is 0 Å². The number of rotatable bonds is 3. The summed E-state index contributed by atoms with van der Waals surface area (Å²) in [6.45, 7) is 3.89. The first kappa shape index (κ1) is 9.90. The summed E-state index contributed by atoms with van der Waals surface area (Å²) in [7, 11) is 0. The summed E-state index contributed by atoms with van der Waals surface area (Å²) >= 11 is 0. The van der Waals surface area contributed by atoms with Crippen molar-refractivity contribution in [2.75, 3.05) is 36.5 Å². The van der Waals surface area contributed by atoms with Crippen LogP contribution in [0, 0.1) is 0 Å². The van der Waals surface area contributed by atoms with Gasteiger partial charge in [-0.25, -0.2) is 4.98 Å². The van der Waals surface area contributed by atoms with Crippen molar-refractivity contribution in [2.45, 2.75) is 18.9 Å². The molecule has 3 rings (SSSR count). The second-order valence-electron chi connectivity index (χ2n) is 4.45. The van der Waals surface area contributed by atoms with Crippen molar-refractivity contribution in [1.29, 1.82) is 0 Å². The van der Waals surface area contributed by atoms with Gasteiger partial charge in [-0.2, -0.15) is 0 Å². The molecule has 4 heteroatoms. The highest BCUT2D eigenvalue weighted by atomic mass is 16.5. The van der Waals surface area contributed by atoms with Gasteiger partial charge in [0, 0.05) is 19.3 Å². The molecule has 1 aromatic heterocycles. The minimum absolute atomic E-state index is 0.463. The predicted octanol–water partition coefficient (Wildman–Crippen LogP) is 1.49. The van der Waals surface area contributed by atoms with Crippen LogP contribution in [0.15, 0.2) is 18.3 Å². The van der Waals surface area contributed by atoms with Crippen molar-refractivity contribution in [2.24, 2.45) is 0 Å². The molecule has 0 radical (unpaired) electrons. The Morgan fingerprint density at radius 1 is 1.31 bits per heavy atom. The van der Waals surface area contributed by atoms with Gasteiger partial charge in [0.05, 0.1) is 24.9 Å². The lowest BCUT2D eigenvalue weighted by Gasteiger charge is -2.30. The van der Waals surface area contributed by atoms with E-state index in [0.29, 0.717) is 6.04 Å². The minimum atomic E-state index is 0.463. The van der Waals surface area contributed by atoms with Gasteiger partial charge >= 0.3 is 0 Å². The molecule has 1 aromatic rings. The molecule has 0 bridgehead atoms. The van der Waals surface area contributed by atoms with E-state index >= 15 is 0 Å². The van der Waals surface area contributed by atoms with E-state index in [1.807, 2.05) is 12.3 Å². The molecule has 2 fully saturated rings. The van der Waals surface area contributed by atoms with Crippen molar-refractivity contribution < 1.29 is 4.74 Å². The fourth-order valence-corrected chi connectivity index (χ4v) is 2.23. The third kappa shape index (κ3) is 1.85. The van der Waals surface area contributed by atoms with Crippen molar-refractivity contribution in [1.82, 2.24) is 4.98 Å². The van der Waals surface area contributed by atoms with Gasteiger partial charge in [0.1, 0.15) is 0 Å². The van der Waals surface area contributed by atoms with Gasteiger partial charge in [0.25, 0.3) is 0 Å². The molecule has 0 unspecified atom stereocenters. The zero-order valence-corrected chi connectivity index (χ0v) is 9.35. The van der Waals surface area contributed by atoms with Crippen molar-refractivity contribution >= 4 is 11.5 Å². The second kappa shape index (κ2) is 4.29.